The van der Waals surface area contributed by atoms with Crippen LogP contribution in [0.5, 0.6) is 5.75 Å². The molecule has 0 saturated heterocycles. The van der Waals surface area contributed by atoms with Gasteiger partial charge in [0.1, 0.15) is 21.5 Å². The molecule has 0 aliphatic heterocycles. The first-order valence-corrected chi connectivity index (χ1v) is 6.85. The Balaban J connectivity index is 2.52. The van der Waals surface area contributed by atoms with Crippen LogP contribution in [0.4, 0.5) is 4.39 Å². The molecule has 1 aromatic heterocycles. The van der Waals surface area contributed by atoms with Crippen molar-refractivity contribution in [2.45, 2.75) is 0 Å². The topological polar surface area (TPSA) is 26.3 Å². The Morgan fingerprint density at radius 1 is 1.50 bits per heavy atom. The molecule has 2 rings (SSSR count). The molecule has 0 unspecified atom stereocenters. The average molecular weight is 350 g/mol. The molecule has 6 heteroatoms. The summed E-state index contributed by atoms with van der Waals surface area (Å²) in [7, 11) is 1.39. The SMILES string of the molecule is COc1cccc(F)c1C(=O)c1cc(Br)c(Cl)s1. The fourth-order valence-corrected chi connectivity index (χ4v) is 3.12. The number of methoxy groups -OCH3 is 1. The van der Waals surface area contributed by atoms with Gasteiger partial charge in [-0.3, -0.25) is 4.79 Å². The maximum Gasteiger partial charge on any atom is 0.209 e. The number of ether oxygens (including phenoxy) is 1. The van der Waals surface area contributed by atoms with Crippen molar-refractivity contribution in [2.75, 3.05) is 7.11 Å². The summed E-state index contributed by atoms with van der Waals surface area (Å²) in [5.74, 6) is -0.844. The van der Waals surface area contributed by atoms with E-state index in [1.54, 1.807) is 12.1 Å². The minimum Gasteiger partial charge on any atom is -0.496 e. The van der Waals surface area contributed by atoms with Gasteiger partial charge in [-0.1, -0.05) is 17.7 Å². The van der Waals surface area contributed by atoms with Gasteiger partial charge in [0.25, 0.3) is 0 Å². The van der Waals surface area contributed by atoms with Crippen LogP contribution in [-0.2, 0) is 0 Å². The van der Waals surface area contributed by atoms with E-state index in [1.165, 1.54) is 19.2 Å². The standard InChI is InChI=1S/C12H7BrClFO2S/c1-17-8-4-2-3-7(15)10(8)11(16)9-5-6(13)12(14)18-9/h2-5H,1H3. The van der Waals surface area contributed by atoms with Crippen molar-refractivity contribution >= 4 is 44.7 Å². The van der Waals surface area contributed by atoms with Gasteiger partial charge in [-0.05, 0) is 34.1 Å². The summed E-state index contributed by atoms with van der Waals surface area (Å²) in [5.41, 5.74) is -0.0783. The Labute approximate surface area is 120 Å². The molecule has 0 saturated carbocycles. The van der Waals surface area contributed by atoms with Gasteiger partial charge in [0, 0.05) is 4.47 Å². The smallest absolute Gasteiger partial charge is 0.209 e. The van der Waals surface area contributed by atoms with Crippen LogP contribution in [0.1, 0.15) is 15.2 Å². The van der Waals surface area contributed by atoms with Crippen molar-refractivity contribution in [3.05, 3.63) is 49.3 Å². The van der Waals surface area contributed by atoms with E-state index in [4.69, 9.17) is 16.3 Å². The van der Waals surface area contributed by atoms with E-state index < -0.39 is 11.6 Å². The lowest BCUT2D eigenvalue weighted by atomic mass is 10.1. The van der Waals surface area contributed by atoms with E-state index in [0.717, 1.165) is 11.3 Å². The number of thiophene rings is 1. The highest BCUT2D eigenvalue weighted by atomic mass is 79.9. The van der Waals surface area contributed by atoms with Gasteiger partial charge >= 0.3 is 0 Å². The van der Waals surface area contributed by atoms with Crippen LogP contribution < -0.4 is 4.74 Å². The molecule has 0 atom stereocenters. The second-order valence-corrected chi connectivity index (χ2v) is 5.89. The monoisotopic (exact) mass is 348 g/mol. The highest BCUT2D eigenvalue weighted by Crippen LogP contribution is 2.35. The normalized spacial score (nSPS) is 10.4. The molecule has 2 aromatic rings. The van der Waals surface area contributed by atoms with Crippen LogP contribution in [0.25, 0.3) is 0 Å². The average Bonchev–Trinajstić information content (AvgIpc) is 2.68. The summed E-state index contributed by atoms with van der Waals surface area (Å²) >= 11 is 10.2. The summed E-state index contributed by atoms with van der Waals surface area (Å²) in [6.07, 6.45) is 0. The van der Waals surface area contributed by atoms with Crippen molar-refractivity contribution in [3.63, 3.8) is 0 Å². The number of rotatable bonds is 3. The third kappa shape index (κ3) is 2.43. The molecule has 2 nitrogen and oxygen atoms in total. The molecule has 0 spiro atoms. The van der Waals surface area contributed by atoms with Crippen LogP contribution >= 0.6 is 38.9 Å². The summed E-state index contributed by atoms with van der Waals surface area (Å²) < 4.78 is 19.8. The number of carbonyl (C=O) groups is 1. The van der Waals surface area contributed by atoms with E-state index in [0.29, 0.717) is 13.7 Å². The van der Waals surface area contributed by atoms with Gasteiger partial charge in [-0.25, -0.2) is 4.39 Å². The van der Waals surface area contributed by atoms with Gasteiger partial charge in [0.15, 0.2) is 0 Å². The summed E-state index contributed by atoms with van der Waals surface area (Å²) in [4.78, 5) is 12.6. The number of ketones is 1. The molecule has 18 heavy (non-hydrogen) atoms. The molecule has 0 N–H and O–H groups in total. The molecular formula is C12H7BrClFO2S. The Morgan fingerprint density at radius 3 is 2.78 bits per heavy atom. The van der Waals surface area contributed by atoms with Crippen LogP contribution in [0.15, 0.2) is 28.7 Å². The molecular weight excluding hydrogens is 343 g/mol. The van der Waals surface area contributed by atoms with Gasteiger partial charge in [0.2, 0.25) is 5.78 Å². The van der Waals surface area contributed by atoms with Crippen molar-refractivity contribution < 1.29 is 13.9 Å². The van der Waals surface area contributed by atoms with Crippen molar-refractivity contribution in [1.29, 1.82) is 0 Å². The minimum absolute atomic E-state index is 0.0783. The Kier molecular flexibility index (Phi) is 4.04. The second kappa shape index (κ2) is 5.38. The number of halogens is 3. The molecule has 0 radical (unpaired) electrons. The van der Waals surface area contributed by atoms with E-state index in [9.17, 15) is 9.18 Å². The van der Waals surface area contributed by atoms with Gasteiger partial charge in [-0.15, -0.1) is 11.3 Å². The fraction of sp³-hybridized carbons (Fsp3) is 0.0833. The molecule has 0 bridgehead atoms. The van der Waals surface area contributed by atoms with Crippen molar-refractivity contribution in [1.82, 2.24) is 0 Å². The summed E-state index contributed by atoms with van der Waals surface area (Å²) in [6.45, 7) is 0. The lowest BCUT2D eigenvalue weighted by molar-refractivity contribution is 0.103. The van der Waals surface area contributed by atoms with E-state index in [2.05, 4.69) is 15.9 Å². The Morgan fingerprint density at radius 2 is 2.22 bits per heavy atom. The van der Waals surface area contributed by atoms with Crippen LogP contribution in [0, 0.1) is 5.82 Å². The van der Waals surface area contributed by atoms with E-state index in [1.807, 2.05) is 0 Å². The number of hydrogen-bond acceptors (Lipinski definition) is 3. The summed E-state index contributed by atoms with van der Waals surface area (Å²) in [5, 5.41) is 0. The predicted octanol–water partition coefficient (Wildman–Crippen LogP) is 4.54. The minimum atomic E-state index is -0.611. The largest absolute Gasteiger partial charge is 0.496 e. The maximum absolute atomic E-state index is 13.7. The first kappa shape index (κ1) is 13.5. The zero-order chi connectivity index (χ0) is 13.3. The number of benzene rings is 1. The highest BCUT2D eigenvalue weighted by Gasteiger charge is 2.21. The number of hydrogen-bond donors (Lipinski definition) is 0. The molecule has 0 aliphatic rings. The second-order valence-electron chi connectivity index (χ2n) is 3.38. The molecule has 94 valence electrons. The van der Waals surface area contributed by atoms with Crippen LogP contribution in [-0.4, -0.2) is 12.9 Å². The molecule has 0 aliphatic carbocycles. The maximum atomic E-state index is 13.7. The fourth-order valence-electron chi connectivity index (χ4n) is 1.48. The molecule has 0 amide bonds. The predicted molar refractivity (Wildman–Crippen MR) is 73.4 cm³/mol. The van der Waals surface area contributed by atoms with Gasteiger partial charge in [-0.2, -0.15) is 0 Å². The van der Waals surface area contributed by atoms with Crippen molar-refractivity contribution in [3.8, 4) is 5.75 Å². The molecule has 1 aromatic carbocycles. The quantitative estimate of drug-likeness (QED) is 0.760. The summed E-state index contributed by atoms with van der Waals surface area (Å²) in [6, 6.07) is 5.82. The van der Waals surface area contributed by atoms with Crippen LogP contribution in [0.2, 0.25) is 4.34 Å². The third-order valence-corrected chi connectivity index (χ3v) is 4.76. The number of carbonyl (C=O) groups excluding carboxylic acids is 1. The molecule has 0 fully saturated rings. The first-order valence-electron chi connectivity index (χ1n) is 4.86. The zero-order valence-corrected chi connectivity index (χ0v) is 12.3. The van der Waals surface area contributed by atoms with E-state index in [-0.39, 0.29) is 11.3 Å². The van der Waals surface area contributed by atoms with Gasteiger partial charge < -0.3 is 4.74 Å². The van der Waals surface area contributed by atoms with E-state index >= 15 is 0 Å². The van der Waals surface area contributed by atoms with Crippen LogP contribution in [0.3, 0.4) is 0 Å². The Bertz CT molecular complexity index is 593. The first-order chi connectivity index (χ1) is 8.54. The molecule has 1 heterocycles. The van der Waals surface area contributed by atoms with Crippen molar-refractivity contribution in [2.24, 2.45) is 0 Å². The Hall–Kier alpha value is -0.910. The zero-order valence-electron chi connectivity index (χ0n) is 9.17. The highest BCUT2D eigenvalue weighted by molar-refractivity contribution is 9.10. The van der Waals surface area contributed by atoms with Gasteiger partial charge in [0.05, 0.1) is 12.0 Å². The lowest BCUT2D eigenvalue weighted by Crippen LogP contribution is -2.05. The third-order valence-electron chi connectivity index (χ3n) is 2.29. The lowest BCUT2D eigenvalue weighted by Gasteiger charge is -2.07.